The lowest BCUT2D eigenvalue weighted by Crippen LogP contribution is -2.27. The fourth-order valence-electron chi connectivity index (χ4n) is 3.43. The summed E-state index contributed by atoms with van der Waals surface area (Å²) in [6.07, 6.45) is -1.44. The van der Waals surface area contributed by atoms with Crippen molar-refractivity contribution in [3.63, 3.8) is 0 Å². The van der Waals surface area contributed by atoms with Crippen LogP contribution in [-0.2, 0) is 9.53 Å². The van der Waals surface area contributed by atoms with Gasteiger partial charge in [0, 0.05) is 17.0 Å². The van der Waals surface area contributed by atoms with Crippen LogP contribution in [0.15, 0.2) is 77.6 Å². The highest BCUT2D eigenvalue weighted by molar-refractivity contribution is 6.04. The number of rotatable bonds is 6. The van der Waals surface area contributed by atoms with Crippen LogP contribution in [0.3, 0.4) is 0 Å². The number of H-pyrrole nitrogens is 1. The van der Waals surface area contributed by atoms with Crippen molar-refractivity contribution in [2.24, 2.45) is 0 Å². The summed E-state index contributed by atoms with van der Waals surface area (Å²) >= 11 is 0. The predicted molar refractivity (Wildman–Crippen MR) is 123 cm³/mol. The van der Waals surface area contributed by atoms with E-state index in [-0.39, 0.29) is 27.8 Å². The molecule has 170 valence electrons. The topological polar surface area (TPSA) is 144 Å². The normalized spacial score (nSPS) is 11.6. The minimum atomic E-state index is -1.44. The van der Waals surface area contributed by atoms with Crippen molar-refractivity contribution in [2.75, 3.05) is 5.32 Å². The van der Waals surface area contributed by atoms with Crippen LogP contribution in [0.2, 0.25) is 0 Å². The fraction of sp³-hybridized carbons (Fsp3) is 0.0833. The first-order valence-electron chi connectivity index (χ1n) is 10.1. The lowest BCUT2D eigenvalue weighted by molar-refractivity contribution is -0.384. The molecule has 0 aliphatic rings. The molecule has 0 radical (unpaired) electrons. The van der Waals surface area contributed by atoms with Gasteiger partial charge >= 0.3 is 5.97 Å². The average Bonchev–Trinajstić information content (AvgIpc) is 2.84. The number of nitrogens with zero attached hydrogens (tertiary/aromatic N) is 2. The molecule has 3 aromatic carbocycles. The lowest BCUT2D eigenvalue weighted by Gasteiger charge is -2.18. The van der Waals surface area contributed by atoms with Gasteiger partial charge in [0.05, 0.1) is 10.3 Å². The van der Waals surface area contributed by atoms with E-state index in [0.29, 0.717) is 11.1 Å². The van der Waals surface area contributed by atoms with Crippen LogP contribution < -0.4 is 10.9 Å². The highest BCUT2D eigenvalue weighted by Gasteiger charge is 2.29. The minimum absolute atomic E-state index is 0.0369. The fourth-order valence-corrected chi connectivity index (χ4v) is 3.43. The maximum Gasteiger partial charge on any atom is 0.360 e. The number of nitro groups is 1. The van der Waals surface area contributed by atoms with E-state index in [9.17, 15) is 24.5 Å². The molecular weight excluding hydrogens is 440 g/mol. The van der Waals surface area contributed by atoms with Gasteiger partial charge in [0.1, 0.15) is 5.69 Å². The summed E-state index contributed by atoms with van der Waals surface area (Å²) in [5.41, 5.74) is 0.00927. The smallest absolute Gasteiger partial charge is 0.360 e. The number of hydrogen-bond acceptors (Lipinski definition) is 7. The molecule has 0 saturated heterocycles. The number of amides is 1. The molecule has 1 atom stereocenters. The number of carbonyl (C=O) groups excluding carboxylic acids is 2. The summed E-state index contributed by atoms with van der Waals surface area (Å²) in [7, 11) is 0. The maximum absolute atomic E-state index is 13.2. The number of benzene rings is 3. The summed E-state index contributed by atoms with van der Waals surface area (Å²) in [4.78, 5) is 49.1. The Morgan fingerprint density at radius 3 is 2.41 bits per heavy atom. The van der Waals surface area contributed by atoms with Crippen molar-refractivity contribution in [3.05, 3.63) is 110 Å². The molecule has 10 heteroatoms. The van der Waals surface area contributed by atoms with Gasteiger partial charge in [-0.3, -0.25) is 19.7 Å². The molecule has 4 rings (SSSR count). The van der Waals surface area contributed by atoms with Crippen molar-refractivity contribution < 1.29 is 19.2 Å². The Labute approximate surface area is 192 Å². The van der Waals surface area contributed by atoms with Crippen molar-refractivity contribution in [2.45, 2.75) is 13.0 Å². The van der Waals surface area contributed by atoms with E-state index in [2.05, 4.69) is 15.5 Å². The summed E-state index contributed by atoms with van der Waals surface area (Å²) in [6, 6.07) is 18.9. The SMILES string of the molecule is Cc1ccc(NC(=O)C(OC(=O)c2n[nH]c(=O)c3ccccc23)c2ccccc2)c([N+](=O)[O-])c1. The number of aromatic nitrogens is 2. The van der Waals surface area contributed by atoms with Gasteiger partial charge in [0.2, 0.25) is 6.10 Å². The number of anilines is 1. The van der Waals surface area contributed by atoms with Gasteiger partial charge < -0.3 is 10.1 Å². The van der Waals surface area contributed by atoms with Gasteiger partial charge in [-0.2, -0.15) is 5.10 Å². The summed E-state index contributed by atoms with van der Waals surface area (Å²) in [5.74, 6) is -1.74. The molecular formula is C24H18N4O6. The van der Waals surface area contributed by atoms with Crippen LogP contribution in [0.5, 0.6) is 0 Å². The Hall–Kier alpha value is -4.86. The number of aryl methyl sites for hydroxylation is 1. The Bertz CT molecular complexity index is 1470. The van der Waals surface area contributed by atoms with Crippen LogP contribution in [-0.4, -0.2) is 27.0 Å². The zero-order valence-corrected chi connectivity index (χ0v) is 17.8. The molecule has 0 fully saturated rings. The van der Waals surface area contributed by atoms with Crippen molar-refractivity contribution >= 4 is 34.0 Å². The summed E-state index contributed by atoms with van der Waals surface area (Å²) in [5, 5.41) is 20.5. The van der Waals surface area contributed by atoms with E-state index in [1.807, 2.05) is 0 Å². The van der Waals surface area contributed by atoms with E-state index in [1.54, 1.807) is 61.5 Å². The average molecular weight is 458 g/mol. The lowest BCUT2D eigenvalue weighted by atomic mass is 10.1. The Morgan fingerprint density at radius 2 is 1.71 bits per heavy atom. The maximum atomic E-state index is 13.2. The third-order valence-corrected chi connectivity index (χ3v) is 5.06. The molecule has 1 amide bonds. The molecule has 2 N–H and O–H groups in total. The van der Waals surface area contributed by atoms with Gasteiger partial charge in [-0.15, -0.1) is 0 Å². The van der Waals surface area contributed by atoms with Crippen molar-refractivity contribution in [1.82, 2.24) is 10.2 Å². The van der Waals surface area contributed by atoms with Gasteiger partial charge in [-0.25, -0.2) is 9.89 Å². The van der Waals surface area contributed by atoms with E-state index >= 15 is 0 Å². The number of hydrogen-bond donors (Lipinski definition) is 2. The second-order valence-electron chi connectivity index (χ2n) is 7.41. The molecule has 1 heterocycles. The highest BCUT2D eigenvalue weighted by atomic mass is 16.6. The molecule has 0 spiro atoms. The number of esters is 1. The van der Waals surface area contributed by atoms with Crippen molar-refractivity contribution in [1.29, 1.82) is 0 Å². The third-order valence-electron chi connectivity index (χ3n) is 5.06. The quantitative estimate of drug-likeness (QED) is 0.255. The molecule has 0 aliphatic heterocycles. The molecule has 34 heavy (non-hydrogen) atoms. The molecule has 1 unspecified atom stereocenters. The van der Waals surface area contributed by atoms with Gasteiger partial charge in [0.25, 0.3) is 17.2 Å². The number of aromatic amines is 1. The monoisotopic (exact) mass is 458 g/mol. The van der Waals surface area contributed by atoms with E-state index in [0.717, 1.165) is 0 Å². The van der Waals surface area contributed by atoms with Crippen molar-refractivity contribution in [3.8, 4) is 0 Å². The standard InChI is InChI=1S/C24H18N4O6/c1-14-11-12-18(19(13-14)28(32)33)25-23(30)21(15-7-3-2-4-8-15)34-24(31)20-16-9-5-6-10-17(16)22(29)27-26-20/h2-13,21H,1H3,(H,25,30)(H,27,29). The Balaban J connectivity index is 1.69. The summed E-state index contributed by atoms with van der Waals surface area (Å²) < 4.78 is 5.52. The second-order valence-corrected chi connectivity index (χ2v) is 7.41. The van der Waals surface area contributed by atoms with E-state index < -0.39 is 28.5 Å². The highest BCUT2D eigenvalue weighted by Crippen LogP contribution is 2.28. The molecule has 1 aromatic heterocycles. The van der Waals surface area contributed by atoms with Crippen LogP contribution in [0.4, 0.5) is 11.4 Å². The Kier molecular flexibility index (Phi) is 6.13. The first-order chi connectivity index (χ1) is 16.3. The number of ether oxygens (including phenoxy) is 1. The van der Waals surface area contributed by atoms with Crippen LogP contribution in [0, 0.1) is 17.0 Å². The first-order valence-corrected chi connectivity index (χ1v) is 10.1. The first kappa shape index (κ1) is 22.3. The number of fused-ring (bicyclic) bond motifs is 1. The largest absolute Gasteiger partial charge is 0.442 e. The number of nitro benzene ring substituents is 1. The molecule has 10 nitrogen and oxygen atoms in total. The molecule has 0 bridgehead atoms. The molecule has 0 aliphatic carbocycles. The van der Waals surface area contributed by atoms with Gasteiger partial charge in [-0.1, -0.05) is 54.6 Å². The molecule has 0 saturated carbocycles. The number of carbonyl (C=O) groups is 2. The predicted octanol–water partition coefficient (Wildman–Crippen LogP) is 3.68. The third kappa shape index (κ3) is 4.51. The molecule has 4 aromatic rings. The minimum Gasteiger partial charge on any atom is -0.442 e. The van der Waals surface area contributed by atoms with Gasteiger partial charge in [0.15, 0.2) is 5.69 Å². The summed E-state index contributed by atoms with van der Waals surface area (Å²) in [6.45, 7) is 1.69. The second kappa shape index (κ2) is 9.33. The van der Waals surface area contributed by atoms with E-state index in [1.165, 1.54) is 18.2 Å². The van der Waals surface area contributed by atoms with Gasteiger partial charge in [-0.05, 0) is 24.6 Å². The zero-order valence-electron chi connectivity index (χ0n) is 17.8. The van der Waals surface area contributed by atoms with Crippen LogP contribution in [0.1, 0.15) is 27.7 Å². The van der Waals surface area contributed by atoms with Crippen LogP contribution >= 0.6 is 0 Å². The van der Waals surface area contributed by atoms with Crippen LogP contribution in [0.25, 0.3) is 10.8 Å². The van der Waals surface area contributed by atoms with E-state index in [4.69, 9.17) is 4.74 Å². The Morgan fingerprint density at radius 1 is 1.03 bits per heavy atom. The zero-order chi connectivity index (χ0) is 24.2. The number of nitrogens with one attached hydrogen (secondary N) is 2.